The molecule has 20 heavy (non-hydrogen) atoms. The first kappa shape index (κ1) is 14.3. The van der Waals surface area contributed by atoms with Gasteiger partial charge in [0.15, 0.2) is 6.61 Å². The molecule has 1 saturated heterocycles. The van der Waals surface area contributed by atoms with Crippen LogP contribution in [0.3, 0.4) is 0 Å². The summed E-state index contributed by atoms with van der Waals surface area (Å²) in [5.74, 6) is -0.437. The van der Waals surface area contributed by atoms with Crippen molar-refractivity contribution in [1.82, 2.24) is 4.90 Å². The number of ether oxygens (including phenoxy) is 1. The molecule has 1 aromatic rings. The van der Waals surface area contributed by atoms with Crippen molar-refractivity contribution >= 4 is 5.91 Å². The van der Waals surface area contributed by atoms with E-state index in [1.54, 1.807) is 11.0 Å². The Hall–Kier alpha value is -2.09. The van der Waals surface area contributed by atoms with Crippen molar-refractivity contribution in [1.29, 1.82) is 5.26 Å². The molecule has 0 spiro atoms. The smallest absolute Gasteiger partial charge is 0.260 e. The maximum absolute atomic E-state index is 13.4. The van der Waals surface area contributed by atoms with E-state index < -0.39 is 5.82 Å². The fraction of sp³-hybridized carbons (Fsp3) is 0.467. The van der Waals surface area contributed by atoms with Gasteiger partial charge in [0.25, 0.3) is 5.91 Å². The van der Waals surface area contributed by atoms with Gasteiger partial charge in [-0.1, -0.05) is 12.8 Å². The first-order valence-corrected chi connectivity index (χ1v) is 6.81. The monoisotopic (exact) mass is 276 g/mol. The normalized spacial score (nSPS) is 15.3. The first-order chi connectivity index (χ1) is 9.70. The topological polar surface area (TPSA) is 53.3 Å². The second-order valence-corrected chi connectivity index (χ2v) is 4.84. The lowest BCUT2D eigenvalue weighted by Crippen LogP contribution is -2.35. The molecule has 0 atom stereocenters. The zero-order chi connectivity index (χ0) is 14.4. The average Bonchev–Trinajstić information content (AvgIpc) is 2.74. The van der Waals surface area contributed by atoms with E-state index in [1.807, 2.05) is 0 Å². The number of amides is 1. The minimum Gasteiger partial charge on any atom is -0.484 e. The Balaban J connectivity index is 1.89. The van der Waals surface area contributed by atoms with Crippen LogP contribution in [0.1, 0.15) is 31.2 Å². The number of benzene rings is 1. The zero-order valence-electron chi connectivity index (χ0n) is 11.3. The molecule has 0 aromatic heterocycles. The molecule has 1 heterocycles. The van der Waals surface area contributed by atoms with Crippen LogP contribution in [0.4, 0.5) is 4.39 Å². The first-order valence-electron chi connectivity index (χ1n) is 6.81. The minimum atomic E-state index is -0.632. The molecule has 0 aliphatic carbocycles. The van der Waals surface area contributed by atoms with Crippen LogP contribution in [0.25, 0.3) is 0 Å². The number of halogens is 1. The lowest BCUT2D eigenvalue weighted by atomic mass is 10.2. The minimum absolute atomic E-state index is 0.0313. The van der Waals surface area contributed by atoms with E-state index in [0.29, 0.717) is 0 Å². The van der Waals surface area contributed by atoms with E-state index in [1.165, 1.54) is 12.1 Å². The van der Waals surface area contributed by atoms with E-state index in [2.05, 4.69) is 0 Å². The molecule has 1 aliphatic rings. The number of hydrogen-bond acceptors (Lipinski definition) is 3. The quantitative estimate of drug-likeness (QED) is 0.852. The van der Waals surface area contributed by atoms with E-state index in [0.717, 1.165) is 44.8 Å². The van der Waals surface area contributed by atoms with Crippen LogP contribution in [-0.4, -0.2) is 30.5 Å². The van der Waals surface area contributed by atoms with Gasteiger partial charge in [0, 0.05) is 19.2 Å². The van der Waals surface area contributed by atoms with Crippen molar-refractivity contribution in [2.45, 2.75) is 25.7 Å². The molecule has 1 fully saturated rings. The summed E-state index contributed by atoms with van der Waals surface area (Å²) in [4.78, 5) is 13.8. The van der Waals surface area contributed by atoms with Crippen molar-refractivity contribution in [2.75, 3.05) is 19.7 Å². The standard InChI is InChI=1S/C15H17FN2O2/c16-14-9-13(6-5-12(14)10-17)20-11-15(19)18-7-3-1-2-4-8-18/h5-6,9H,1-4,7-8,11H2. The highest BCUT2D eigenvalue weighted by Crippen LogP contribution is 2.16. The molecule has 1 aliphatic heterocycles. The second-order valence-electron chi connectivity index (χ2n) is 4.84. The van der Waals surface area contributed by atoms with Gasteiger partial charge in [0.05, 0.1) is 5.56 Å². The van der Waals surface area contributed by atoms with Crippen LogP contribution >= 0.6 is 0 Å². The largest absolute Gasteiger partial charge is 0.484 e. The predicted molar refractivity (Wildman–Crippen MR) is 71.7 cm³/mol. The molecule has 1 amide bonds. The third-order valence-electron chi connectivity index (χ3n) is 3.38. The van der Waals surface area contributed by atoms with E-state index in [-0.39, 0.29) is 23.8 Å². The molecule has 1 aromatic carbocycles. The van der Waals surface area contributed by atoms with Gasteiger partial charge in [-0.3, -0.25) is 4.79 Å². The Labute approximate surface area is 117 Å². The summed E-state index contributed by atoms with van der Waals surface area (Å²) >= 11 is 0. The Bertz CT molecular complexity index is 517. The SMILES string of the molecule is N#Cc1ccc(OCC(=O)N2CCCCCC2)cc1F. The summed E-state index contributed by atoms with van der Waals surface area (Å²) in [6.07, 6.45) is 4.37. The van der Waals surface area contributed by atoms with Crippen LogP contribution < -0.4 is 4.74 Å². The number of nitrogens with zero attached hydrogens (tertiary/aromatic N) is 2. The van der Waals surface area contributed by atoms with Gasteiger partial charge in [-0.05, 0) is 25.0 Å². The van der Waals surface area contributed by atoms with Gasteiger partial charge in [-0.15, -0.1) is 0 Å². The summed E-state index contributed by atoms with van der Waals surface area (Å²) < 4.78 is 18.7. The molecular weight excluding hydrogens is 259 g/mol. The number of likely N-dealkylation sites (tertiary alicyclic amines) is 1. The second kappa shape index (κ2) is 6.90. The third-order valence-corrected chi connectivity index (χ3v) is 3.38. The highest BCUT2D eigenvalue weighted by Gasteiger charge is 2.16. The predicted octanol–water partition coefficient (Wildman–Crippen LogP) is 2.48. The van der Waals surface area contributed by atoms with Gasteiger partial charge in [0.1, 0.15) is 17.6 Å². The summed E-state index contributed by atoms with van der Waals surface area (Å²) in [7, 11) is 0. The third kappa shape index (κ3) is 3.70. The summed E-state index contributed by atoms with van der Waals surface area (Å²) in [6.45, 7) is 1.44. The van der Waals surface area contributed by atoms with Crippen LogP contribution in [0, 0.1) is 17.1 Å². The van der Waals surface area contributed by atoms with Crippen LogP contribution in [0.15, 0.2) is 18.2 Å². The summed E-state index contributed by atoms with van der Waals surface area (Å²) in [5.41, 5.74) is -0.0313. The highest BCUT2D eigenvalue weighted by molar-refractivity contribution is 5.77. The highest BCUT2D eigenvalue weighted by atomic mass is 19.1. The molecule has 0 bridgehead atoms. The fourth-order valence-electron chi connectivity index (χ4n) is 2.23. The summed E-state index contributed by atoms with van der Waals surface area (Å²) in [6, 6.07) is 5.72. The van der Waals surface area contributed by atoms with E-state index in [9.17, 15) is 9.18 Å². The lowest BCUT2D eigenvalue weighted by molar-refractivity contribution is -0.133. The molecule has 4 nitrogen and oxygen atoms in total. The molecule has 106 valence electrons. The molecular formula is C15H17FN2O2. The molecule has 2 rings (SSSR count). The van der Waals surface area contributed by atoms with Crippen LogP contribution in [0.5, 0.6) is 5.75 Å². The van der Waals surface area contributed by atoms with Crippen molar-refractivity contribution < 1.29 is 13.9 Å². The van der Waals surface area contributed by atoms with Crippen molar-refractivity contribution in [2.24, 2.45) is 0 Å². The zero-order valence-corrected chi connectivity index (χ0v) is 11.3. The number of carbonyl (C=O) groups is 1. The molecule has 0 radical (unpaired) electrons. The maximum Gasteiger partial charge on any atom is 0.260 e. The number of nitriles is 1. The van der Waals surface area contributed by atoms with Crippen molar-refractivity contribution in [3.05, 3.63) is 29.6 Å². The van der Waals surface area contributed by atoms with E-state index >= 15 is 0 Å². The number of rotatable bonds is 3. The van der Waals surface area contributed by atoms with Gasteiger partial charge >= 0.3 is 0 Å². The Morgan fingerprint density at radius 3 is 2.60 bits per heavy atom. The molecule has 0 saturated carbocycles. The molecule has 0 N–H and O–H groups in total. The number of hydrogen-bond donors (Lipinski definition) is 0. The van der Waals surface area contributed by atoms with Crippen LogP contribution in [0.2, 0.25) is 0 Å². The van der Waals surface area contributed by atoms with Crippen molar-refractivity contribution in [3.8, 4) is 11.8 Å². The molecule has 5 heteroatoms. The Kier molecular flexibility index (Phi) is 4.94. The molecule has 0 unspecified atom stereocenters. The van der Waals surface area contributed by atoms with Gasteiger partial charge in [0.2, 0.25) is 0 Å². The average molecular weight is 276 g/mol. The van der Waals surface area contributed by atoms with Crippen molar-refractivity contribution in [3.63, 3.8) is 0 Å². The number of carbonyl (C=O) groups excluding carboxylic acids is 1. The lowest BCUT2D eigenvalue weighted by Gasteiger charge is -2.20. The Morgan fingerprint density at radius 1 is 1.30 bits per heavy atom. The summed E-state index contributed by atoms with van der Waals surface area (Å²) in [5, 5.41) is 8.63. The Morgan fingerprint density at radius 2 is 2.00 bits per heavy atom. The van der Waals surface area contributed by atoms with Gasteiger partial charge < -0.3 is 9.64 Å². The van der Waals surface area contributed by atoms with Crippen LogP contribution in [-0.2, 0) is 4.79 Å². The fourth-order valence-corrected chi connectivity index (χ4v) is 2.23. The van der Waals surface area contributed by atoms with E-state index in [4.69, 9.17) is 10.00 Å². The van der Waals surface area contributed by atoms with Gasteiger partial charge in [-0.2, -0.15) is 5.26 Å². The van der Waals surface area contributed by atoms with Gasteiger partial charge in [-0.25, -0.2) is 4.39 Å². The maximum atomic E-state index is 13.4.